The molecule has 1 fully saturated rings. The monoisotopic (exact) mass is 285 g/mol. The van der Waals surface area contributed by atoms with E-state index in [9.17, 15) is 9.90 Å². The topological polar surface area (TPSA) is 88.2 Å². The third-order valence-corrected chi connectivity index (χ3v) is 4.70. The lowest BCUT2D eigenvalue weighted by Crippen LogP contribution is -2.53. The Bertz CT molecular complexity index is 451. The van der Waals surface area contributed by atoms with E-state index in [1.54, 1.807) is 14.0 Å². The van der Waals surface area contributed by atoms with Crippen molar-refractivity contribution in [2.45, 2.75) is 43.4 Å². The average molecular weight is 285 g/mol. The minimum atomic E-state index is -0.759. The first kappa shape index (κ1) is 14.3. The maximum Gasteiger partial charge on any atom is 0.324 e. The van der Waals surface area contributed by atoms with Crippen LogP contribution >= 0.6 is 11.8 Å². The minimum absolute atomic E-state index is 0.159. The van der Waals surface area contributed by atoms with Gasteiger partial charge in [0, 0.05) is 12.7 Å². The zero-order chi connectivity index (χ0) is 13.9. The molecule has 2 rings (SSSR count). The zero-order valence-corrected chi connectivity index (χ0v) is 12.0. The van der Waals surface area contributed by atoms with Crippen LogP contribution in [0.4, 0.5) is 0 Å². The van der Waals surface area contributed by atoms with Crippen molar-refractivity contribution >= 4 is 17.7 Å². The fourth-order valence-corrected chi connectivity index (χ4v) is 3.67. The van der Waals surface area contributed by atoms with E-state index in [1.165, 1.54) is 11.8 Å². The first-order valence-corrected chi connectivity index (χ1v) is 7.42. The summed E-state index contributed by atoms with van der Waals surface area (Å²) in [5, 5.41) is 20.7. The molecule has 1 aliphatic carbocycles. The van der Waals surface area contributed by atoms with Crippen molar-refractivity contribution < 1.29 is 14.3 Å². The number of carboxylic acid groups (broad SMARTS) is 1. The number of thioether (sulfide) groups is 1. The Morgan fingerprint density at radius 3 is 3.00 bits per heavy atom. The van der Waals surface area contributed by atoms with E-state index in [2.05, 4.69) is 15.5 Å². The molecule has 2 atom stereocenters. The second-order valence-electron chi connectivity index (χ2n) is 4.84. The molecule has 1 aliphatic rings. The van der Waals surface area contributed by atoms with E-state index >= 15 is 0 Å². The summed E-state index contributed by atoms with van der Waals surface area (Å²) in [6, 6.07) is 0. The highest BCUT2D eigenvalue weighted by Crippen LogP contribution is 2.39. The van der Waals surface area contributed by atoms with Crippen LogP contribution in [-0.4, -0.2) is 39.6 Å². The Kier molecular flexibility index (Phi) is 4.46. The van der Waals surface area contributed by atoms with Gasteiger partial charge < -0.3 is 14.8 Å². The summed E-state index contributed by atoms with van der Waals surface area (Å²) in [5.74, 6) is 0.768. The lowest BCUT2D eigenvalue weighted by atomic mass is 9.85. The van der Waals surface area contributed by atoms with Crippen LogP contribution in [0.3, 0.4) is 0 Å². The summed E-state index contributed by atoms with van der Waals surface area (Å²) < 4.78 is 5.28. The predicted octanol–water partition coefficient (Wildman–Crippen LogP) is 1.70. The number of likely N-dealkylation sites (N-methyl/N-ethyl adjacent to an activating group) is 1. The number of nitrogens with one attached hydrogen (secondary N) is 1. The van der Waals surface area contributed by atoms with Crippen LogP contribution in [0, 0.1) is 12.8 Å². The number of aromatic nitrogens is 2. The molecule has 0 radical (unpaired) electrons. The quantitative estimate of drug-likeness (QED) is 0.769. The summed E-state index contributed by atoms with van der Waals surface area (Å²) in [6.07, 6.45) is 3.45. The Morgan fingerprint density at radius 1 is 1.63 bits per heavy atom. The van der Waals surface area contributed by atoms with Crippen LogP contribution in [0.5, 0.6) is 0 Å². The summed E-state index contributed by atoms with van der Waals surface area (Å²) in [7, 11) is 1.74. The number of hydrogen-bond acceptors (Lipinski definition) is 6. The fraction of sp³-hybridized carbons (Fsp3) is 0.750. The fourth-order valence-electron chi connectivity index (χ4n) is 2.81. The van der Waals surface area contributed by atoms with Crippen LogP contribution in [0.15, 0.2) is 9.64 Å². The molecule has 1 saturated carbocycles. The molecule has 6 nitrogen and oxygen atoms in total. The van der Waals surface area contributed by atoms with Crippen molar-refractivity contribution in [3.8, 4) is 0 Å². The van der Waals surface area contributed by atoms with Crippen LogP contribution in [0.25, 0.3) is 0 Å². The molecule has 19 heavy (non-hydrogen) atoms. The molecule has 7 heteroatoms. The average Bonchev–Trinajstić information content (AvgIpc) is 2.96. The number of carboxylic acids is 1. The van der Waals surface area contributed by atoms with E-state index in [0.29, 0.717) is 17.5 Å². The lowest BCUT2D eigenvalue weighted by molar-refractivity contribution is -0.146. The van der Waals surface area contributed by atoms with E-state index < -0.39 is 11.5 Å². The summed E-state index contributed by atoms with van der Waals surface area (Å²) in [6.45, 7) is 1.75. The highest BCUT2D eigenvalue weighted by Gasteiger charge is 2.47. The van der Waals surface area contributed by atoms with Gasteiger partial charge in [0.25, 0.3) is 5.22 Å². The molecular formula is C12H19N3O3S. The van der Waals surface area contributed by atoms with Crippen molar-refractivity contribution in [2.24, 2.45) is 5.92 Å². The van der Waals surface area contributed by atoms with Gasteiger partial charge in [-0.3, -0.25) is 4.79 Å². The Hall–Kier alpha value is -1.08. The van der Waals surface area contributed by atoms with Crippen LogP contribution in [0.2, 0.25) is 0 Å². The second-order valence-corrected chi connectivity index (χ2v) is 5.89. The van der Waals surface area contributed by atoms with Gasteiger partial charge in [0.15, 0.2) is 0 Å². The maximum absolute atomic E-state index is 11.5. The van der Waals surface area contributed by atoms with E-state index in [1.807, 2.05) is 0 Å². The van der Waals surface area contributed by atoms with Gasteiger partial charge in [-0.05, 0) is 32.2 Å². The number of rotatable bonds is 6. The van der Waals surface area contributed by atoms with Gasteiger partial charge in [-0.2, -0.15) is 0 Å². The van der Waals surface area contributed by atoms with Gasteiger partial charge in [0.05, 0.1) is 0 Å². The lowest BCUT2D eigenvalue weighted by Gasteiger charge is -2.30. The molecule has 1 aromatic heterocycles. The van der Waals surface area contributed by atoms with E-state index in [-0.39, 0.29) is 5.92 Å². The molecule has 1 aromatic rings. The number of hydrogen-bond donors (Lipinski definition) is 2. The number of aryl methyl sites for hydroxylation is 1. The zero-order valence-electron chi connectivity index (χ0n) is 11.2. The van der Waals surface area contributed by atoms with E-state index in [0.717, 1.165) is 25.0 Å². The van der Waals surface area contributed by atoms with Crippen LogP contribution in [0.1, 0.15) is 31.6 Å². The van der Waals surface area contributed by atoms with Crippen molar-refractivity contribution in [1.82, 2.24) is 15.5 Å². The Morgan fingerprint density at radius 2 is 2.42 bits per heavy atom. The molecule has 0 bridgehead atoms. The smallest absolute Gasteiger partial charge is 0.324 e. The summed E-state index contributed by atoms with van der Waals surface area (Å²) in [5.41, 5.74) is -0.759. The van der Waals surface area contributed by atoms with Crippen molar-refractivity contribution in [3.63, 3.8) is 0 Å². The summed E-state index contributed by atoms with van der Waals surface area (Å²) in [4.78, 5) is 11.5. The predicted molar refractivity (Wildman–Crippen MR) is 71.1 cm³/mol. The van der Waals surface area contributed by atoms with Crippen LogP contribution in [-0.2, 0) is 4.79 Å². The highest BCUT2D eigenvalue weighted by atomic mass is 32.2. The molecule has 0 spiro atoms. The van der Waals surface area contributed by atoms with Gasteiger partial charge >= 0.3 is 5.97 Å². The van der Waals surface area contributed by atoms with Gasteiger partial charge in [0.1, 0.15) is 5.54 Å². The summed E-state index contributed by atoms with van der Waals surface area (Å²) >= 11 is 1.49. The Labute approximate surface area is 116 Å². The SMILES string of the molecule is CNC1(C(=O)O)CCCC1CCSc1nnc(C)o1. The van der Waals surface area contributed by atoms with Gasteiger partial charge in [-0.15, -0.1) is 10.2 Å². The molecule has 1 heterocycles. The molecule has 0 aromatic carbocycles. The first-order valence-electron chi connectivity index (χ1n) is 6.43. The Balaban J connectivity index is 1.89. The second kappa shape index (κ2) is 5.92. The minimum Gasteiger partial charge on any atom is -0.480 e. The third kappa shape index (κ3) is 2.92. The molecule has 2 N–H and O–H groups in total. The van der Waals surface area contributed by atoms with Crippen LogP contribution < -0.4 is 5.32 Å². The van der Waals surface area contributed by atoms with Crippen molar-refractivity contribution in [2.75, 3.05) is 12.8 Å². The number of aliphatic carboxylic acids is 1. The maximum atomic E-state index is 11.5. The molecule has 0 saturated heterocycles. The van der Waals surface area contributed by atoms with E-state index in [4.69, 9.17) is 4.42 Å². The number of nitrogens with zero attached hydrogens (tertiary/aromatic N) is 2. The highest BCUT2D eigenvalue weighted by molar-refractivity contribution is 7.99. The molecule has 106 valence electrons. The van der Waals surface area contributed by atoms with Gasteiger partial charge in [-0.1, -0.05) is 18.2 Å². The van der Waals surface area contributed by atoms with Crippen molar-refractivity contribution in [3.05, 3.63) is 5.89 Å². The molecular weight excluding hydrogens is 266 g/mol. The molecule has 0 amide bonds. The molecule has 2 unspecified atom stereocenters. The van der Waals surface area contributed by atoms with Crippen molar-refractivity contribution in [1.29, 1.82) is 0 Å². The first-order chi connectivity index (χ1) is 9.08. The third-order valence-electron chi connectivity index (χ3n) is 3.85. The standard InChI is InChI=1S/C12H19N3O3S/c1-8-14-15-11(18-8)19-7-5-9-4-3-6-12(9,13-2)10(16)17/h9,13H,3-7H2,1-2H3,(H,16,17). The van der Waals surface area contributed by atoms with Gasteiger partial charge in [-0.25, -0.2) is 0 Å². The molecule has 0 aliphatic heterocycles. The largest absolute Gasteiger partial charge is 0.480 e. The normalized spacial score (nSPS) is 26.7. The number of carbonyl (C=O) groups is 1. The van der Waals surface area contributed by atoms with Gasteiger partial charge in [0.2, 0.25) is 5.89 Å².